The third kappa shape index (κ3) is 5.10. The van der Waals surface area contributed by atoms with Gasteiger partial charge in [0, 0.05) is 12.0 Å². The first-order chi connectivity index (χ1) is 7.61. The first kappa shape index (κ1) is 16.5. The van der Waals surface area contributed by atoms with Crippen LogP contribution in [-0.2, 0) is 4.79 Å². The van der Waals surface area contributed by atoms with Gasteiger partial charge in [-0.05, 0) is 23.7 Å². The summed E-state index contributed by atoms with van der Waals surface area (Å²) >= 11 is 0. The van der Waals surface area contributed by atoms with Crippen molar-refractivity contribution in [3.8, 4) is 0 Å². The molecule has 17 heavy (non-hydrogen) atoms. The number of amides is 1. The molecule has 1 amide bonds. The Morgan fingerprint density at radius 1 is 1.06 bits per heavy atom. The van der Waals surface area contributed by atoms with Crippen LogP contribution in [0.5, 0.6) is 0 Å². The van der Waals surface area contributed by atoms with E-state index >= 15 is 0 Å². The van der Waals surface area contributed by atoms with Crippen molar-refractivity contribution in [2.45, 2.75) is 67.9 Å². The van der Waals surface area contributed by atoms with Gasteiger partial charge in [-0.3, -0.25) is 4.79 Å². The first-order valence-electron chi connectivity index (χ1n) is 6.91. The minimum atomic E-state index is 0.0214. The Hall–Kier alpha value is -0.530. The highest BCUT2D eigenvalue weighted by molar-refractivity contribution is 5.80. The third-order valence-electron chi connectivity index (χ3n) is 3.45. The largest absolute Gasteiger partial charge is 0.353 e. The van der Waals surface area contributed by atoms with Crippen LogP contribution in [0.15, 0.2) is 0 Å². The number of rotatable bonds is 5. The van der Waals surface area contributed by atoms with Crippen molar-refractivity contribution in [1.29, 1.82) is 0 Å². The van der Waals surface area contributed by atoms with Gasteiger partial charge in [-0.1, -0.05) is 55.4 Å². The monoisotopic (exact) mass is 241 g/mol. The van der Waals surface area contributed by atoms with Crippen LogP contribution in [0.4, 0.5) is 0 Å². The highest BCUT2D eigenvalue weighted by atomic mass is 16.2. The Kier molecular flexibility index (Phi) is 6.22. The molecule has 0 aliphatic rings. The lowest BCUT2D eigenvalue weighted by Gasteiger charge is -2.34. The number of hydrogen-bond donors (Lipinski definition) is 1. The van der Waals surface area contributed by atoms with Crippen molar-refractivity contribution < 1.29 is 4.79 Å². The van der Waals surface area contributed by atoms with Crippen LogP contribution in [0.3, 0.4) is 0 Å². The quantitative estimate of drug-likeness (QED) is 0.778. The molecular formula is C15H31NO. The summed E-state index contributed by atoms with van der Waals surface area (Å²) in [5, 5.41) is 3.22. The highest BCUT2D eigenvalue weighted by Gasteiger charge is 2.34. The standard InChI is InChI=1S/C15H31NO/c1-9-12(10(2)3)16-14(17)13(11(4)5)15(6,7)8/h10-13H,9H2,1-8H3,(H,16,17)/t12-,13-/m1/s1. The minimum absolute atomic E-state index is 0.0214. The van der Waals surface area contributed by atoms with E-state index in [0.717, 1.165) is 6.42 Å². The zero-order valence-corrected chi connectivity index (χ0v) is 12.9. The Bertz CT molecular complexity index is 238. The second kappa shape index (κ2) is 6.42. The van der Waals surface area contributed by atoms with Gasteiger partial charge >= 0.3 is 0 Å². The Labute approximate surface area is 108 Å². The van der Waals surface area contributed by atoms with Crippen LogP contribution in [0, 0.1) is 23.2 Å². The van der Waals surface area contributed by atoms with Gasteiger partial charge in [-0.2, -0.15) is 0 Å². The van der Waals surface area contributed by atoms with Crippen molar-refractivity contribution in [2.24, 2.45) is 23.2 Å². The molecule has 2 heteroatoms. The first-order valence-corrected chi connectivity index (χ1v) is 6.91. The number of hydrogen-bond acceptors (Lipinski definition) is 1. The molecule has 2 nitrogen and oxygen atoms in total. The van der Waals surface area contributed by atoms with Gasteiger partial charge in [0.05, 0.1) is 0 Å². The molecule has 0 bridgehead atoms. The Morgan fingerprint density at radius 3 is 1.76 bits per heavy atom. The topological polar surface area (TPSA) is 29.1 Å². The zero-order valence-electron chi connectivity index (χ0n) is 12.9. The normalized spacial score (nSPS) is 16.1. The van der Waals surface area contributed by atoms with Crippen LogP contribution in [0.25, 0.3) is 0 Å². The van der Waals surface area contributed by atoms with Gasteiger partial charge in [-0.15, -0.1) is 0 Å². The van der Waals surface area contributed by atoms with Crippen molar-refractivity contribution in [3.05, 3.63) is 0 Å². The molecule has 0 heterocycles. The number of carbonyl (C=O) groups excluding carboxylic acids is 1. The predicted octanol–water partition coefficient (Wildman–Crippen LogP) is 3.86. The molecule has 1 N–H and O–H groups in total. The molecule has 0 aliphatic carbocycles. The molecule has 0 radical (unpaired) electrons. The van der Waals surface area contributed by atoms with Crippen molar-refractivity contribution >= 4 is 5.91 Å². The van der Waals surface area contributed by atoms with Gasteiger partial charge in [-0.25, -0.2) is 0 Å². The fraction of sp³-hybridized carbons (Fsp3) is 0.933. The molecule has 0 unspecified atom stereocenters. The molecule has 0 rings (SSSR count). The summed E-state index contributed by atoms with van der Waals surface area (Å²) in [6, 6.07) is 0.297. The summed E-state index contributed by atoms with van der Waals surface area (Å²) < 4.78 is 0. The van der Waals surface area contributed by atoms with E-state index < -0.39 is 0 Å². The SMILES string of the molecule is CC[C@@H](NC(=O)[C@@H](C(C)C)C(C)(C)C)C(C)C. The molecular weight excluding hydrogens is 210 g/mol. The average molecular weight is 241 g/mol. The molecule has 0 aromatic carbocycles. The van der Waals surface area contributed by atoms with E-state index in [2.05, 4.69) is 60.7 Å². The summed E-state index contributed by atoms with van der Waals surface area (Å²) in [5.41, 5.74) is 0.0214. The van der Waals surface area contributed by atoms with Crippen LogP contribution in [0.1, 0.15) is 61.8 Å². The van der Waals surface area contributed by atoms with E-state index in [9.17, 15) is 4.79 Å². The van der Waals surface area contributed by atoms with E-state index in [1.54, 1.807) is 0 Å². The van der Waals surface area contributed by atoms with Gasteiger partial charge in [0.25, 0.3) is 0 Å². The lowest BCUT2D eigenvalue weighted by atomic mass is 9.73. The van der Waals surface area contributed by atoms with Gasteiger partial charge < -0.3 is 5.32 Å². The van der Waals surface area contributed by atoms with Gasteiger partial charge in [0.15, 0.2) is 0 Å². The molecule has 0 aromatic heterocycles. The van der Waals surface area contributed by atoms with Crippen molar-refractivity contribution in [2.75, 3.05) is 0 Å². The van der Waals surface area contributed by atoms with E-state index in [-0.39, 0.29) is 17.2 Å². The summed E-state index contributed by atoms with van der Waals surface area (Å²) in [5.74, 6) is 1.17. The summed E-state index contributed by atoms with van der Waals surface area (Å²) in [4.78, 5) is 12.4. The maximum Gasteiger partial charge on any atom is 0.224 e. The van der Waals surface area contributed by atoms with Gasteiger partial charge in [0.1, 0.15) is 0 Å². The predicted molar refractivity (Wildman–Crippen MR) is 74.8 cm³/mol. The average Bonchev–Trinajstić information content (AvgIpc) is 2.10. The smallest absolute Gasteiger partial charge is 0.224 e. The highest BCUT2D eigenvalue weighted by Crippen LogP contribution is 2.32. The number of nitrogens with one attached hydrogen (secondary N) is 1. The maximum atomic E-state index is 12.4. The second-order valence-electron chi connectivity index (χ2n) is 6.86. The van der Waals surface area contributed by atoms with E-state index in [1.165, 1.54) is 0 Å². The molecule has 0 fully saturated rings. The Morgan fingerprint density at radius 2 is 1.53 bits per heavy atom. The van der Waals surface area contributed by atoms with E-state index in [0.29, 0.717) is 17.9 Å². The van der Waals surface area contributed by atoms with Crippen molar-refractivity contribution in [1.82, 2.24) is 5.32 Å². The van der Waals surface area contributed by atoms with Gasteiger partial charge in [0.2, 0.25) is 5.91 Å². The summed E-state index contributed by atoms with van der Waals surface area (Å²) in [6.45, 7) is 17.2. The lowest BCUT2D eigenvalue weighted by Crippen LogP contribution is -2.46. The van der Waals surface area contributed by atoms with E-state index in [4.69, 9.17) is 0 Å². The second-order valence-corrected chi connectivity index (χ2v) is 6.86. The van der Waals surface area contributed by atoms with E-state index in [1.807, 2.05) is 0 Å². The molecule has 2 atom stereocenters. The fourth-order valence-electron chi connectivity index (χ4n) is 2.71. The minimum Gasteiger partial charge on any atom is -0.353 e. The lowest BCUT2D eigenvalue weighted by molar-refractivity contribution is -0.131. The molecule has 0 aromatic rings. The third-order valence-corrected chi connectivity index (χ3v) is 3.45. The Balaban J connectivity index is 4.76. The molecule has 102 valence electrons. The maximum absolute atomic E-state index is 12.4. The molecule has 0 saturated heterocycles. The number of carbonyl (C=O) groups is 1. The van der Waals surface area contributed by atoms with Crippen LogP contribution in [0.2, 0.25) is 0 Å². The van der Waals surface area contributed by atoms with Crippen LogP contribution >= 0.6 is 0 Å². The summed E-state index contributed by atoms with van der Waals surface area (Å²) in [6.07, 6.45) is 0.998. The van der Waals surface area contributed by atoms with Crippen LogP contribution < -0.4 is 5.32 Å². The molecule has 0 spiro atoms. The summed E-state index contributed by atoms with van der Waals surface area (Å²) in [7, 11) is 0. The molecule has 0 aliphatic heterocycles. The zero-order chi connectivity index (χ0) is 13.8. The molecule has 0 saturated carbocycles. The van der Waals surface area contributed by atoms with Crippen molar-refractivity contribution in [3.63, 3.8) is 0 Å². The fourth-order valence-corrected chi connectivity index (χ4v) is 2.71. The van der Waals surface area contributed by atoms with Crippen LogP contribution in [-0.4, -0.2) is 11.9 Å².